The van der Waals surface area contributed by atoms with Crippen molar-refractivity contribution in [2.45, 2.75) is 6.42 Å². The molecule has 0 unspecified atom stereocenters. The average molecular weight is 290 g/mol. The van der Waals surface area contributed by atoms with Crippen LogP contribution < -0.4 is 10.2 Å². The smallest absolute Gasteiger partial charge is 0.152 e. The average Bonchev–Trinajstić information content (AvgIpc) is 2.20. The molecule has 0 radical (unpaired) electrons. The van der Waals surface area contributed by atoms with Crippen LogP contribution in [0.2, 0.25) is 0 Å². The molecule has 1 aromatic rings. The Morgan fingerprint density at radius 3 is 2.92 bits per heavy atom. The number of anilines is 1. The number of hydrogen-bond acceptors (Lipinski definition) is 4. The molecule has 13 heavy (non-hydrogen) atoms. The molecule has 1 N–H and O–H groups in total. The molecular weight excluding hydrogens is 279 g/mol. The zero-order chi connectivity index (χ0) is 9.10. The van der Waals surface area contributed by atoms with E-state index < -0.39 is 0 Å². The predicted molar refractivity (Wildman–Crippen MR) is 59.6 cm³/mol. The lowest BCUT2D eigenvalue weighted by Crippen LogP contribution is -2.42. The standard InChI is InChI=1S/C8H11IN4/c9-7-2-3-8(12-11-7)13-5-1-4-10-6-13/h2-3,10H,1,4-6H2. The number of aromatic nitrogens is 2. The molecule has 1 saturated heterocycles. The molecule has 70 valence electrons. The summed E-state index contributed by atoms with van der Waals surface area (Å²) >= 11 is 2.16. The summed E-state index contributed by atoms with van der Waals surface area (Å²) in [4.78, 5) is 2.20. The molecule has 0 bridgehead atoms. The highest BCUT2D eigenvalue weighted by molar-refractivity contribution is 14.1. The molecule has 2 rings (SSSR count). The normalized spacial score (nSPS) is 17.5. The molecule has 1 aliphatic rings. The maximum Gasteiger partial charge on any atom is 0.152 e. The van der Waals surface area contributed by atoms with Gasteiger partial charge >= 0.3 is 0 Å². The number of nitrogens with zero attached hydrogens (tertiary/aromatic N) is 3. The molecular formula is C8H11IN4. The van der Waals surface area contributed by atoms with E-state index in [2.05, 4.69) is 43.0 Å². The van der Waals surface area contributed by atoms with Crippen LogP contribution in [0.3, 0.4) is 0 Å². The van der Waals surface area contributed by atoms with Crippen molar-refractivity contribution in [1.29, 1.82) is 0 Å². The first-order valence-corrected chi connectivity index (χ1v) is 5.39. The Bertz CT molecular complexity index is 268. The highest BCUT2D eigenvalue weighted by atomic mass is 127. The zero-order valence-electron chi connectivity index (χ0n) is 7.20. The third kappa shape index (κ3) is 2.28. The van der Waals surface area contributed by atoms with Gasteiger partial charge in [-0.25, -0.2) is 0 Å². The third-order valence-corrected chi connectivity index (χ3v) is 2.60. The van der Waals surface area contributed by atoms with Gasteiger partial charge in [0.2, 0.25) is 0 Å². The molecule has 1 aromatic heterocycles. The van der Waals surface area contributed by atoms with Crippen LogP contribution in [0.25, 0.3) is 0 Å². The van der Waals surface area contributed by atoms with Crippen molar-refractivity contribution in [1.82, 2.24) is 15.5 Å². The summed E-state index contributed by atoms with van der Waals surface area (Å²) < 4.78 is 0.936. The highest BCUT2D eigenvalue weighted by Gasteiger charge is 2.11. The van der Waals surface area contributed by atoms with Gasteiger partial charge in [-0.2, -0.15) is 0 Å². The molecule has 1 aliphatic heterocycles. The SMILES string of the molecule is Ic1ccc(N2CCCNC2)nn1. The molecule has 0 saturated carbocycles. The van der Waals surface area contributed by atoms with E-state index in [0.717, 1.165) is 29.3 Å². The minimum absolute atomic E-state index is 0.884. The first-order chi connectivity index (χ1) is 6.36. The maximum absolute atomic E-state index is 4.13. The number of halogens is 1. The molecule has 1 fully saturated rings. The second-order valence-corrected chi connectivity index (χ2v) is 4.09. The lowest BCUT2D eigenvalue weighted by Gasteiger charge is -2.27. The van der Waals surface area contributed by atoms with Gasteiger partial charge in [-0.3, -0.25) is 5.32 Å². The quantitative estimate of drug-likeness (QED) is 0.778. The fourth-order valence-electron chi connectivity index (χ4n) is 1.36. The third-order valence-electron chi connectivity index (χ3n) is 2.03. The van der Waals surface area contributed by atoms with Crippen molar-refractivity contribution in [3.05, 3.63) is 15.8 Å². The van der Waals surface area contributed by atoms with Crippen LogP contribution in [-0.2, 0) is 0 Å². The van der Waals surface area contributed by atoms with Crippen LogP contribution in [0.15, 0.2) is 12.1 Å². The van der Waals surface area contributed by atoms with Gasteiger partial charge < -0.3 is 4.90 Å². The van der Waals surface area contributed by atoms with Crippen LogP contribution in [0.5, 0.6) is 0 Å². The van der Waals surface area contributed by atoms with E-state index >= 15 is 0 Å². The molecule has 4 nitrogen and oxygen atoms in total. The van der Waals surface area contributed by atoms with E-state index in [1.165, 1.54) is 6.42 Å². The van der Waals surface area contributed by atoms with E-state index in [1.54, 1.807) is 0 Å². The van der Waals surface area contributed by atoms with Gasteiger partial charge in [0.1, 0.15) is 3.70 Å². The Morgan fingerprint density at radius 2 is 2.31 bits per heavy atom. The molecule has 0 aromatic carbocycles. The molecule has 0 atom stereocenters. The van der Waals surface area contributed by atoms with Crippen molar-refractivity contribution >= 4 is 28.4 Å². The molecule has 0 aliphatic carbocycles. The fourth-order valence-corrected chi connectivity index (χ4v) is 1.65. The van der Waals surface area contributed by atoms with Crippen molar-refractivity contribution in [3.63, 3.8) is 0 Å². The second kappa shape index (κ2) is 4.19. The van der Waals surface area contributed by atoms with E-state index in [9.17, 15) is 0 Å². The zero-order valence-corrected chi connectivity index (χ0v) is 9.36. The van der Waals surface area contributed by atoms with Crippen LogP contribution in [0.4, 0.5) is 5.82 Å². The number of nitrogens with one attached hydrogen (secondary N) is 1. The monoisotopic (exact) mass is 290 g/mol. The molecule has 0 spiro atoms. The number of hydrogen-bond donors (Lipinski definition) is 1. The summed E-state index contributed by atoms with van der Waals surface area (Å²) in [5.74, 6) is 0.965. The van der Waals surface area contributed by atoms with Gasteiger partial charge in [0, 0.05) is 6.54 Å². The van der Waals surface area contributed by atoms with Crippen LogP contribution in [-0.4, -0.2) is 30.0 Å². The number of rotatable bonds is 1. The molecule has 0 amide bonds. The summed E-state index contributed by atoms with van der Waals surface area (Å²) in [6, 6.07) is 4.00. The topological polar surface area (TPSA) is 41.0 Å². The van der Waals surface area contributed by atoms with Crippen LogP contribution in [0.1, 0.15) is 6.42 Å². The van der Waals surface area contributed by atoms with Gasteiger partial charge in [0.05, 0.1) is 6.67 Å². The summed E-state index contributed by atoms with van der Waals surface area (Å²) in [7, 11) is 0. The lowest BCUT2D eigenvalue weighted by molar-refractivity contribution is 0.546. The van der Waals surface area contributed by atoms with E-state index in [0.29, 0.717) is 0 Å². The first kappa shape index (κ1) is 9.14. The maximum atomic E-state index is 4.13. The Kier molecular flexibility index (Phi) is 2.94. The van der Waals surface area contributed by atoms with Gasteiger partial charge in [0.25, 0.3) is 0 Å². The van der Waals surface area contributed by atoms with Crippen molar-refractivity contribution in [2.75, 3.05) is 24.7 Å². The highest BCUT2D eigenvalue weighted by Crippen LogP contribution is 2.11. The first-order valence-electron chi connectivity index (χ1n) is 4.31. The molecule has 5 heteroatoms. The van der Waals surface area contributed by atoms with Gasteiger partial charge in [-0.1, -0.05) is 0 Å². The van der Waals surface area contributed by atoms with Crippen molar-refractivity contribution in [2.24, 2.45) is 0 Å². The molecule has 2 heterocycles. The van der Waals surface area contributed by atoms with Crippen LogP contribution >= 0.6 is 22.6 Å². The summed E-state index contributed by atoms with van der Waals surface area (Å²) in [6.45, 7) is 3.06. The van der Waals surface area contributed by atoms with Crippen molar-refractivity contribution < 1.29 is 0 Å². The van der Waals surface area contributed by atoms with Crippen LogP contribution in [0, 0.1) is 3.70 Å². The lowest BCUT2D eigenvalue weighted by atomic mass is 10.3. The largest absolute Gasteiger partial charge is 0.342 e. The Labute approximate surface area is 90.9 Å². The van der Waals surface area contributed by atoms with Gasteiger partial charge in [-0.05, 0) is 47.7 Å². The summed E-state index contributed by atoms with van der Waals surface area (Å²) in [6.07, 6.45) is 1.17. The fraction of sp³-hybridized carbons (Fsp3) is 0.500. The van der Waals surface area contributed by atoms with Gasteiger partial charge in [-0.15, -0.1) is 10.2 Å². The minimum Gasteiger partial charge on any atom is -0.342 e. The second-order valence-electron chi connectivity index (χ2n) is 2.99. The Morgan fingerprint density at radius 1 is 1.38 bits per heavy atom. The van der Waals surface area contributed by atoms with E-state index in [-0.39, 0.29) is 0 Å². The summed E-state index contributed by atoms with van der Waals surface area (Å²) in [5, 5.41) is 11.5. The van der Waals surface area contributed by atoms with Crippen molar-refractivity contribution in [3.8, 4) is 0 Å². The van der Waals surface area contributed by atoms with Gasteiger partial charge in [0.15, 0.2) is 5.82 Å². The summed E-state index contributed by atoms with van der Waals surface area (Å²) in [5.41, 5.74) is 0. The Hall–Kier alpha value is -0.430. The van der Waals surface area contributed by atoms with E-state index in [1.807, 2.05) is 12.1 Å². The predicted octanol–water partition coefficient (Wildman–Crippen LogP) is 0.838. The van der Waals surface area contributed by atoms with E-state index in [4.69, 9.17) is 0 Å². The minimum atomic E-state index is 0.884. The Balaban J connectivity index is 2.10.